The number of benzene rings is 1. The van der Waals surface area contributed by atoms with Gasteiger partial charge in [0, 0.05) is 27.4 Å². The van der Waals surface area contributed by atoms with Crippen LogP contribution in [0.25, 0.3) is 0 Å². The van der Waals surface area contributed by atoms with E-state index < -0.39 is 15.9 Å². The Morgan fingerprint density at radius 3 is 2.62 bits per heavy atom. The van der Waals surface area contributed by atoms with Gasteiger partial charge in [0.2, 0.25) is 9.84 Å². The maximum atomic E-state index is 12.7. The lowest BCUT2D eigenvalue weighted by Crippen LogP contribution is -2.17. The second-order valence-electron chi connectivity index (χ2n) is 4.41. The average molecular weight is 401 g/mol. The molecule has 2 aromatic heterocycles. The quantitative estimate of drug-likeness (QED) is 0.705. The predicted octanol–water partition coefficient (Wildman–Crippen LogP) is 4.30. The number of rotatable bonds is 4. The van der Waals surface area contributed by atoms with E-state index in [1.165, 1.54) is 52.6 Å². The number of thiazole rings is 1. The van der Waals surface area contributed by atoms with Gasteiger partial charge in [-0.15, -0.1) is 22.7 Å². The van der Waals surface area contributed by atoms with E-state index in [4.69, 9.17) is 16.3 Å². The van der Waals surface area contributed by atoms with Gasteiger partial charge in [0.1, 0.15) is 4.90 Å². The average Bonchev–Trinajstić information content (AvgIpc) is 3.19. The molecular weight excluding hydrogens is 392 g/mol. The summed E-state index contributed by atoms with van der Waals surface area (Å²) in [7, 11) is -3.82. The fourth-order valence-electron chi connectivity index (χ4n) is 1.78. The summed E-state index contributed by atoms with van der Waals surface area (Å²) in [5.41, 5.74) is 0. The third-order valence-corrected chi connectivity index (χ3v) is 6.45. The lowest BCUT2D eigenvalue weighted by molar-refractivity contribution is 0.214. The van der Waals surface area contributed by atoms with Crippen LogP contribution in [0.1, 0.15) is 0 Å². The lowest BCUT2D eigenvalue weighted by atomic mass is 10.4. The van der Waals surface area contributed by atoms with Crippen LogP contribution >= 0.6 is 34.3 Å². The molecule has 124 valence electrons. The van der Waals surface area contributed by atoms with Gasteiger partial charge >= 0.3 is 6.09 Å². The molecule has 0 radical (unpaired) electrons. The minimum Gasteiger partial charge on any atom is -0.408 e. The number of amides is 1. The van der Waals surface area contributed by atoms with Crippen molar-refractivity contribution in [3.8, 4) is 5.75 Å². The van der Waals surface area contributed by atoms with E-state index in [9.17, 15) is 13.2 Å². The molecule has 0 aliphatic carbocycles. The molecule has 1 N–H and O–H groups in total. The normalized spacial score (nSPS) is 11.2. The Kier molecular flexibility index (Phi) is 4.86. The van der Waals surface area contributed by atoms with Crippen molar-refractivity contribution in [3.63, 3.8) is 0 Å². The van der Waals surface area contributed by atoms with Crippen LogP contribution < -0.4 is 10.1 Å². The van der Waals surface area contributed by atoms with Crippen LogP contribution in [0.4, 0.5) is 9.93 Å². The van der Waals surface area contributed by atoms with E-state index in [1.54, 1.807) is 5.38 Å². The van der Waals surface area contributed by atoms with E-state index in [2.05, 4.69) is 10.3 Å². The first kappa shape index (κ1) is 16.9. The molecule has 3 aromatic rings. The standard InChI is InChI=1S/C14H9ClN2O4S3/c15-9-1-3-10(4-2-9)24(19,20)12-8-22-7-11(12)21-14(18)17-13-16-5-6-23-13/h1-8H,(H,16,17,18). The number of anilines is 1. The second kappa shape index (κ2) is 6.89. The molecule has 0 spiro atoms. The van der Waals surface area contributed by atoms with Crippen molar-refractivity contribution in [3.05, 3.63) is 51.6 Å². The number of hydrogen-bond donors (Lipinski definition) is 1. The van der Waals surface area contributed by atoms with Crippen LogP contribution in [0.2, 0.25) is 5.02 Å². The smallest absolute Gasteiger partial charge is 0.408 e. The first-order valence-corrected chi connectivity index (χ1v) is 10.1. The van der Waals surface area contributed by atoms with Crippen LogP contribution in [-0.2, 0) is 9.84 Å². The molecule has 1 amide bonds. The van der Waals surface area contributed by atoms with Gasteiger partial charge in [0.25, 0.3) is 0 Å². The summed E-state index contributed by atoms with van der Waals surface area (Å²) in [4.78, 5) is 15.7. The van der Waals surface area contributed by atoms with Crippen molar-refractivity contribution in [2.75, 3.05) is 5.32 Å². The fourth-order valence-corrected chi connectivity index (χ4v) is 4.89. The SMILES string of the molecule is O=C(Nc1nccs1)Oc1cscc1S(=O)(=O)c1ccc(Cl)cc1. The number of aromatic nitrogens is 1. The van der Waals surface area contributed by atoms with Gasteiger partial charge in [-0.05, 0) is 24.3 Å². The summed E-state index contributed by atoms with van der Waals surface area (Å²) in [6, 6.07) is 5.76. The molecule has 0 aliphatic rings. The minimum absolute atomic E-state index is 0.0380. The van der Waals surface area contributed by atoms with Gasteiger partial charge in [-0.25, -0.2) is 18.2 Å². The Balaban J connectivity index is 1.84. The van der Waals surface area contributed by atoms with Crippen LogP contribution in [-0.4, -0.2) is 19.5 Å². The van der Waals surface area contributed by atoms with Gasteiger partial charge in [-0.2, -0.15) is 0 Å². The van der Waals surface area contributed by atoms with Crippen molar-refractivity contribution >= 4 is 55.3 Å². The maximum absolute atomic E-state index is 12.7. The molecule has 0 aliphatic heterocycles. The summed E-state index contributed by atoms with van der Waals surface area (Å²) in [5, 5.41) is 7.76. The molecule has 0 atom stereocenters. The van der Waals surface area contributed by atoms with Crippen molar-refractivity contribution in [2.45, 2.75) is 9.79 Å². The summed E-state index contributed by atoms with van der Waals surface area (Å²) >= 11 is 8.12. The predicted molar refractivity (Wildman–Crippen MR) is 93.0 cm³/mol. The Labute approximate surface area is 150 Å². The molecule has 0 fully saturated rings. The Hall–Kier alpha value is -1.94. The topological polar surface area (TPSA) is 85.4 Å². The number of hydrogen-bond acceptors (Lipinski definition) is 7. The van der Waals surface area contributed by atoms with Gasteiger partial charge < -0.3 is 4.74 Å². The molecule has 6 nitrogen and oxygen atoms in total. The zero-order chi connectivity index (χ0) is 17.2. The Morgan fingerprint density at radius 1 is 1.21 bits per heavy atom. The number of nitrogens with zero attached hydrogens (tertiary/aromatic N) is 1. The van der Waals surface area contributed by atoms with E-state index >= 15 is 0 Å². The third kappa shape index (κ3) is 3.59. The number of nitrogens with one attached hydrogen (secondary N) is 1. The van der Waals surface area contributed by atoms with E-state index in [0.29, 0.717) is 10.2 Å². The van der Waals surface area contributed by atoms with Gasteiger partial charge in [-0.1, -0.05) is 11.6 Å². The number of ether oxygens (including phenoxy) is 1. The largest absolute Gasteiger partial charge is 0.418 e. The van der Waals surface area contributed by atoms with Gasteiger partial charge in [0.15, 0.2) is 10.9 Å². The molecule has 0 saturated carbocycles. The number of halogens is 1. The van der Waals surface area contributed by atoms with Crippen LogP contribution in [0, 0.1) is 0 Å². The maximum Gasteiger partial charge on any atom is 0.418 e. The highest BCUT2D eigenvalue weighted by molar-refractivity contribution is 7.91. The van der Waals surface area contributed by atoms with Crippen molar-refractivity contribution < 1.29 is 17.9 Å². The first-order valence-electron chi connectivity index (χ1n) is 6.42. The zero-order valence-electron chi connectivity index (χ0n) is 11.8. The number of sulfone groups is 1. The van der Waals surface area contributed by atoms with Crippen LogP contribution in [0.5, 0.6) is 5.75 Å². The number of carbonyl (C=O) groups is 1. The molecule has 10 heteroatoms. The summed E-state index contributed by atoms with van der Waals surface area (Å²) in [6.45, 7) is 0. The molecule has 1 aromatic carbocycles. The second-order valence-corrected chi connectivity index (χ2v) is 8.40. The number of thiophene rings is 1. The van der Waals surface area contributed by atoms with Gasteiger partial charge in [0.05, 0.1) is 4.90 Å². The summed E-state index contributed by atoms with van der Waals surface area (Å²) in [5.74, 6) is -0.0380. The van der Waals surface area contributed by atoms with Crippen molar-refractivity contribution in [1.29, 1.82) is 0 Å². The van der Waals surface area contributed by atoms with E-state index in [-0.39, 0.29) is 15.5 Å². The molecule has 24 heavy (non-hydrogen) atoms. The molecular formula is C14H9ClN2O4S3. The highest BCUT2D eigenvalue weighted by Gasteiger charge is 2.25. The monoisotopic (exact) mass is 400 g/mol. The first-order chi connectivity index (χ1) is 11.5. The highest BCUT2D eigenvalue weighted by Crippen LogP contribution is 2.33. The van der Waals surface area contributed by atoms with Gasteiger partial charge in [-0.3, -0.25) is 5.32 Å². The van der Waals surface area contributed by atoms with Crippen LogP contribution in [0.3, 0.4) is 0 Å². The Morgan fingerprint density at radius 2 is 1.96 bits per heavy atom. The summed E-state index contributed by atoms with van der Waals surface area (Å²) in [6.07, 6.45) is 0.720. The lowest BCUT2D eigenvalue weighted by Gasteiger charge is -2.07. The highest BCUT2D eigenvalue weighted by atomic mass is 35.5. The third-order valence-electron chi connectivity index (χ3n) is 2.85. The molecule has 0 bridgehead atoms. The van der Waals surface area contributed by atoms with Crippen molar-refractivity contribution in [2.24, 2.45) is 0 Å². The number of carbonyl (C=O) groups excluding carboxylic acids is 1. The molecule has 0 unspecified atom stereocenters. The molecule has 3 rings (SSSR count). The van der Waals surface area contributed by atoms with E-state index in [1.807, 2.05) is 0 Å². The summed E-state index contributed by atoms with van der Waals surface area (Å²) < 4.78 is 30.4. The minimum atomic E-state index is -3.82. The molecule has 2 heterocycles. The van der Waals surface area contributed by atoms with E-state index in [0.717, 1.165) is 11.3 Å². The van der Waals surface area contributed by atoms with Crippen LogP contribution in [0.15, 0.2) is 56.4 Å². The fraction of sp³-hybridized carbons (Fsp3) is 0. The van der Waals surface area contributed by atoms with Crippen molar-refractivity contribution in [1.82, 2.24) is 4.98 Å². The molecule has 0 saturated heterocycles. The zero-order valence-corrected chi connectivity index (χ0v) is 15.0. The Bertz CT molecular complexity index is 950.